The van der Waals surface area contributed by atoms with E-state index in [4.69, 9.17) is 0 Å². The maximum atomic E-state index is 4.56. The first-order chi connectivity index (χ1) is 8.32. The Morgan fingerprint density at radius 1 is 1.22 bits per heavy atom. The van der Waals surface area contributed by atoms with Gasteiger partial charge in [0, 0.05) is 30.4 Å². The largest absolute Gasteiger partial charge is 0.310 e. The monoisotopic (exact) mass is 269 g/mol. The Bertz CT molecular complexity index is 383. The summed E-state index contributed by atoms with van der Waals surface area (Å²) in [5, 5.41) is 9.97. The van der Waals surface area contributed by atoms with Crippen molar-refractivity contribution in [2.75, 3.05) is 0 Å². The van der Waals surface area contributed by atoms with Gasteiger partial charge in [0.25, 0.3) is 0 Å². The Kier molecular flexibility index (Phi) is 5.73. The van der Waals surface area contributed by atoms with Gasteiger partial charge in [-0.25, -0.2) is 0 Å². The van der Waals surface area contributed by atoms with Crippen LogP contribution in [-0.2, 0) is 13.6 Å². The van der Waals surface area contributed by atoms with Crippen LogP contribution in [-0.4, -0.2) is 21.1 Å². The van der Waals surface area contributed by atoms with Crippen LogP contribution in [0.15, 0.2) is 5.03 Å². The number of nitrogens with one attached hydrogen (secondary N) is 1. The number of aryl methyl sites for hydroxylation is 2. The number of hydrogen-bond donors (Lipinski definition) is 1. The van der Waals surface area contributed by atoms with E-state index < -0.39 is 0 Å². The molecule has 18 heavy (non-hydrogen) atoms. The zero-order valence-electron chi connectivity index (χ0n) is 12.7. The van der Waals surface area contributed by atoms with Gasteiger partial charge in [-0.05, 0) is 12.8 Å². The third-order valence-corrected chi connectivity index (χ3v) is 4.86. The highest BCUT2D eigenvalue weighted by Gasteiger charge is 2.18. The molecule has 1 aromatic heterocycles. The van der Waals surface area contributed by atoms with Crippen LogP contribution in [0.25, 0.3) is 0 Å². The second-order valence-corrected chi connectivity index (χ2v) is 6.96. The molecule has 0 aromatic carbocycles. The standard InChI is InChI=1S/C14H27N3S/c1-9(2)12(6)18-14-13(8-15-10(3)4)11(5)16-17(14)7/h9-10,12,15H,8H2,1-7H3. The quantitative estimate of drug-likeness (QED) is 0.803. The lowest BCUT2D eigenvalue weighted by molar-refractivity contribution is 0.579. The minimum atomic E-state index is 0.505. The number of aromatic nitrogens is 2. The molecule has 1 aromatic rings. The molecule has 1 rings (SSSR count). The molecule has 0 bridgehead atoms. The van der Waals surface area contributed by atoms with E-state index in [9.17, 15) is 0 Å². The normalized spacial score (nSPS) is 13.6. The van der Waals surface area contributed by atoms with Gasteiger partial charge < -0.3 is 5.32 Å². The van der Waals surface area contributed by atoms with Gasteiger partial charge in [0.15, 0.2) is 0 Å². The first-order valence-electron chi connectivity index (χ1n) is 6.75. The molecule has 1 heterocycles. The topological polar surface area (TPSA) is 29.9 Å². The number of nitrogens with zero attached hydrogens (tertiary/aromatic N) is 2. The summed E-state index contributed by atoms with van der Waals surface area (Å²) in [6.07, 6.45) is 0. The van der Waals surface area contributed by atoms with Gasteiger partial charge in [0.05, 0.1) is 10.7 Å². The molecule has 1 atom stereocenters. The number of rotatable bonds is 6. The molecule has 0 spiro atoms. The summed E-state index contributed by atoms with van der Waals surface area (Å²) in [5.41, 5.74) is 2.49. The smallest absolute Gasteiger partial charge is 0.0987 e. The lowest BCUT2D eigenvalue weighted by atomic mass is 10.2. The van der Waals surface area contributed by atoms with Gasteiger partial charge >= 0.3 is 0 Å². The lowest BCUT2D eigenvalue weighted by Gasteiger charge is -2.17. The fourth-order valence-electron chi connectivity index (χ4n) is 1.65. The fourth-order valence-corrected chi connectivity index (χ4v) is 2.83. The zero-order valence-corrected chi connectivity index (χ0v) is 13.6. The van der Waals surface area contributed by atoms with E-state index in [2.05, 4.69) is 52.0 Å². The summed E-state index contributed by atoms with van der Waals surface area (Å²) < 4.78 is 2.02. The van der Waals surface area contributed by atoms with E-state index in [1.807, 2.05) is 23.5 Å². The maximum absolute atomic E-state index is 4.56. The molecule has 3 nitrogen and oxygen atoms in total. The summed E-state index contributed by atoms with van der Waals surface area (Å²) >= 11 is 1.94. The van der Waals surface area contributed by atoms with Gasteiger partial charge in [-0.3, -0.25) is 4.68 Å². The van der Waals surface area contributed by atoms with Gasteiger partial charge in [-0.1, -0.05) is 34.6 Å². The third kappa shape index (κ3) is 4.02. The van der Waals surface area contributed by atoms with Crippen LogP contribution >= 0.6 is 11.8 Å². The molecule has 104 valence electrons. The molecule has 0 aliphatic carbocycles. The van der Waals surface area contributed by atoms with Gasteiger partial charge in [0.2, 0.25) is 0 Å². The maximum Gasteiger partial charge on any atom is 0.0987 e. The van der Waals surface area contributed by atoms with Crippen LogP contribution in [0.5, 0.6) is 0 Å². The summed E-state index contributed by atoms with van der Waals surface area (Å²) in [5.74, 6) is 0.677. The Balaban J connectivity index is 2.88. The van der Waals surface area contributed by atoms with Crippen LogP contribution in [0, 0.1) is 12.8 Å². The number of thioether (sulfide) groups is 1. The van der Waals surface area contributed by atoms with Crippen molar-refractivity contribution in [3.05, 3.63) is 11.3 Å². The Labute approximate surface area is 116 Å². The van der Waals surface area contributed by atoms with Crippen LogP contribution in [0.4, 0.5) is 0 Å². The van der Waals surface area contributed by atoms with Crippen molar-refractivity contribution in [1.82, 2.24) is 15.1 Å². The minimum absolute atomic E-state index is 0.505. The SMILES string of the molecule is Cc1nn(C)c(SC(C)C(C)C)c1CNC(C)C. The summed E-state index contributed by atoms with van der Waals surface area (Å²) in [7, 11) is 2.04. The second-order valence-electron chi connectivity index (χ2n) is 5.60. The molecule has 0 fully saturated rings. The van der Waals surface area contributed by atoms with E-state index in [1.54, 1.807) is 0 Å². The van der Waals surface area contributed by atoms with Gasteiger partial charge in [0.1, 0.15) is 0 Å². The Hall–Kier alpha value is -0.480. The predicted molar refractivity (Wildman–Crippen MR) is 80.1 cm³/mol. The van der Waals surface area contributed by atoms with E-state index >= 15 is 0 Å². The molecule has 0 aliphatic rings. The molecule has 1 N–H and O–H groups in total. The van der Waals surface area contributed by atoms with Crippen LogP contribution in [0.3, 0.4) is 0 Å². The predicted octanol–water partition coefficient (Wildman–Crippen LogP) is 3.36. The molecule has 0 saturated heterocycles. The van der Waals surface area contributed by atoms with Crippen LogP contribution in [0.2, 0.25) is 0 Å². The zero-order chi connectivity index (χ0) is 13.9. The first-order valence-corrected chi connectivity index (χ1v) is 7.63. The van der Waals surface area contributed by atoms with Gasteiger partial charge in [-0.15, -0.1) is 11.8 Å². The fraction of sp³-hybridized carbons (Fsp3) is 0.786. The molecular formula is C14H27N3S. The summed E-state index contributed by atoms with van der Waals surface area (Å²) in [6.45, 7) is 14.2. The Morgan fingerprint density at radius 3 is 2.33 bits per heavy atom. The lowest BCUT2D eigenvalue weighted by Crippen LogP contribution is -2.22. The van der Waals surface area contributed by atoms with Crippen molar-refractivity contribution < 1.29 is 0 Å². The minimum Gasteiger partial charge on any atom is -0.310 e. The van der Waals surface area contributed by atoms with Crippen molar-refractivity contribution in [2.45, 2.75) is 64.4 Å². The van der Waals surface area contributed by atoms with Crippen molar-refractivity contribution in [3.8, 4) is 0 Å². The number of hydrogen-bond acceptors (Lipinski definition) is 3. The van der Waals surface area contributed by atoms with Crippen molar-refractivity contribution in [2.24, 2.45) is 13.0 Å². The highest BCUT2D eigenvalue weighted by molar-refractivity contribution is 7.99. The third-order valence-electron chi connectivity index (χ3n) is 3.21. The summed E-state index contributed by atoms with van der Waals surface area (Å²) in [6, 6.07) is 0.505. The Morgan fingerprint density at radius 2 is 1.83 bits per heavy atom. The van der Waals surface area contributed by atoms with Crippen molar-refractivity contribution in [3.63, 3.8) is 0 Å². The van der Waals surface area contributed by atoms with E-state index in [-0.39, 0.29) is 0 Å². The molecule has 4 heteroatoms. The molecule has 0 aliphatic heterocycles. The second kappa shape index (κ2) is 6.62. The highest BCUT2D eigenvalue weighted by Crippen LogP contribution is 2.31. The molecule has 0 radical (unpaired) electrons. The highest BCUT2D eigenvalue weighted by atomic mass is 32.2. The molecule has 0 amide bonds. The average Bonchev–Trinajstić information content (AvgIpc) is 2.51. The van der Waals surface area contributed by atoms with E-state index in [1.165, 1.54) is 10.6 Å². The van der Waals surface area contributed by atoms with Crippen LogP contribution in [0.1, 0.15) is 45.9 Å². The average molecular weight is 269 g/mol. The van der Waals surface area contributed by atoms with E-state index in [0.717, 1.165) is 12.2 Å². The van der Waals surface area contributed by atoms with Gasteiger partial charge in [-0.2, -0.15) is 5.10 Å². The first kappa shape index (κ1) is 15.6. The van der Waals surface area contributed by atoms with Crippen molar-refractivity contribution >= 4 is 11.8 Å². The van der Waals surface area contributed by atoms with Crippen LogP contribution < -0.4 is 5.32 Å². The molecule has 1 unspecified atom stereocenters. The molecule has 0 saturated carbocycles. The van der Waals surface area contributed by atoms with E-state index in [0.29, 0.717) is 17.2 Å². The molecular weight excluding hydrogens is 242 g/mol. The summed E-state index contributed by atoms with van der Waals surface area (Å²) in [4.78, 5) is 0. The van der Waals surface area contributed by atoms with Crippen molar-refractivity contribution in [1.29, 1.82) is 0 Å².